The molecule has 0 aromatic rings. The molecule has 1 saturated carbocycles. The molecule has 0 amide bonds. The first-order valence-electron chi connectivity index (χ1n) is 8.75. The van der Waals surface area contributed by atoms with E-state index in [0.29, 0.717) is 12.4 Å². The summed E-state index contributed by atoms with van der Waals surface area (Å²) in [7, 11) is 0. The summed E-state index contributed by atoms with van der Waals surface area (Å²) < 4.78 is 5.07. The fourth-order valence-corrected chi connectivity index (χ4v) is 3.18. The maximum atomic E-state index is 12.4. The summed E-state index contributed by atoms with van der Waals surface area (Å²) in [5.41, 5.74) is 0. The summed E-state index contributed by atoms with van der Waals surface area (Å²) in [6, 6.07) is 0. The lowest BCUT2D eigenvalue weighted by Crippen LogP contribution is -2.20. The molecule has 21 heavy (non-hydrogen) atoms. The highest BCUT2D eigenvalue weighted by atomic mass is 16.5. The topological polar surface area (TPSA) is 43.4 Å². The molecular weight excluding hydrogens is 264 g/mol. The van der Waals surface area contributed by atoms with Crippen LogP contribution in [0.4, 0.5) is 0 Å². The average Bonchev–Trinajstić information content (AvgIpc) is 2.44. The Balaban J connectivity index is 2.43. The fourth-order valence-electron chi connectivity index (χ4n) is 3.18. The standard InChI is InChI=1S/C18H32O3/c1-15(14-21-16(2)19)13-17-11-9-7-5-3-4-6-8-10-12-18(17)20/h15,17H,3-14H2,1-2H3. The van der Waals surface area contributed by atoms with Crippen molar-refractivity contribution in [3.8, 4) is 0 Å². The van der Waals surface area contributed by atoms with Gasteiger partial charge in [0.1, 0.15) is 5.78 Å². The molecule has 0 aromatic carbocycles. The van der Waals surface area contributed by atoms with Gasteiger partial charge >= 0.3 is 5.97 Å². The van der Waals surface area contributed by atoms with Crippen molar-refractivity contribution in [3.05, 3.63) is 0 Å². The quantitative estimate of drug-likeness (QED) is 0.708. The number of ether oxygens (including phenoxy) is 1. The highest BCUT2D eigenvalue weighted by molar-refractivity contribution is 5.80. The second-order valence-electron chi connectivity index (χ2n) is 6.67. The van der Waals surface area contributed by atoms with E-state index in [2.05, 4.69) is 6.92 Å². The molecule has 1 aliphatic carbocycles. The van der Waals surface area contributed by atoms with Crippen LogP contribution in [0.1, 0.15) is 84.5 Å². The Labute approximate surface area is 129 Å². The monoisotopic (exact) mass is 296 g/mol. The first-order valence-corrected chi connectivity index (χ1v) is 8.75. The van der Waals surface area contributed by atoms with Crippen molar-refractivity contribution in [2.75, 3.05) is 6.61 Å². The van der Waals surface area contributed by atoms with Crippen LogP contribution in [0.2, 0.25) is 0 Å². The van der Waals surface area contributed by atoms with Gasteiger partial charge in [-0.3, -0.25) is 9.59 Å². The molecule has 0 bridgehead atoms. The predicted molar refractivity (Wildman–Crippen MR) is 85.1 cm³/mol. The third-order valence-corrected chi connectivity index (χ3v) is 4.44. The van der Waals surface area contributed by atoms with E-state index in [-0.39, 0.29) is 17.8 Å². The molecule has 1 rings (SSSR count). The average molecular weight is 296 g/mol. The van der Waals surface area contributed by atoms with E-state index in [4.69, 9.17) is 4.74 Å². The lowest BCUT2D eigenvalue weighted by atomic mass is 9.85. The minimum absolute atomic E-state index is 0.176. The number of hydrogen-bond donors (Lipinski definition) is 0. The van der Waals surface area contributed by atoms with E-state index in [0.717, 1.165) is 32.1 Å². The van der Waals surface area contributed by atoms with Crippen molar-refractivity contribution in [2.45, 2.75) is 84.5 Å². The number of hydrogen-bond acceptors (Lipinski definition) is 3. The first kappa shape index (κ1) is 18.2. The van der Waals surface area contributed by atoms with Crippen LogP contribution in [0.3, 0.4) is 0 Å². The van der Waals surface area contributed by atoms with Crippen molar-refractivity contribution in [1.29, 1.82) is 0 Å². The molecule has 0 N–H and O–H groups in total. The van der Waals surface area contributed by atoms with Gasteiger partial charge in [-0.15, -0.1) is 0 Å². The molecule has 2 unspecified atom stereocenters. The number of rotatable bonds is 4. The zero-order valence-corrected chi connectivity index (χ0v) is 13.9. The van der Waals surface area contributed by atoms with Crippen LogP contribution < -0.4 is 0 Å². The van der Waals surface area contributed by atoms with Gasteiger partial charge < -0.3 is 4.74 Å². The van der Waals surface area contributed by atoms with Crippen LogP contribution >= 0.6 is 0 Å². The van der Waals surface area contributed by atoms with Crippen LogP contribution in [0.5, 0.6) is 0 Å². The molecule has 0 aliphatic heterocycles. The second kappa shape index (κ2) is 10.8. The lowest BCUT2D eigenvalue weighted by molar-refractivity contribution is -0.142. The maximum Gasteiger partial charge on any atom is 0.302 e. The first-order chi connectivity index (χ1) is 10.1. The van der Waals surface area contributed by atoms with Crippen molar-refractivity contribution < 1.29 is 14.3 Å². The molecule has 1 aliphatic rings. The van der Waals surface area contributed by atoms with Crippen molar-refractivity contribution in [2.24, 2.45) is 11.8 Å². The zero-order valence-electron chi connectivity index (χ0n) is 13.9. The van der Waals surface area contributed by atoms with Gasteiger partial charge in [0.25, 0.3) is 0 Å². The SMILES string of the molecule is CC(=O)OCC(C)CC1CCCCCCCCCCC1=O. The molecule has 3 nitrogen and oxygen atoms in total. The molecule has 0 radical (unpaired) electrons. The number of ketones is 1. The molecule has 0 heterocycles. The summed E-state index contributed by atoms with van der Waals surface area (Å²) in [5.74, 6) is 0.655. The van der Waals surface area contributed by atoms with Crippen molar-refractivity contribution in [1.82, 2.24) is 0 Å². The molecule has 0 saturated heterocycles. The third kappa shape index (κ3) is 8.90. The van der Waals surface area contributed by atoms with Gasteiger partial charge in [0.2, 0.25) is 0 Å². The Morgan fingerprint density at radius 2 is 1.67 bits per heavy atom. The Kier molecular flexibility index (Phi) is 9.36. The highest BCUT2D eigenvalue weighted by Crippen LogP contribution is 2.24. The summed E-state index contributed by atoms with van der Waals surface area (Å²) in [6.07, 6.45) is 12.6. The maximum absolute atomic E-state index is 12.4. The van der Waals surface area contributed by atoms with Gasteiger partial charge in [0.15, 0.2) is 0 Å². The zero-order chi connectivity index (χ0) is 15.5. The number of esters is 1. The number of Topliss-reactive ketones (excluding diaryl/α,β-unsaturated/α-hetero) is 1. The summed E-state index contributed by atoms with van der Waals surface area (Å²) in [6.45, 7) is 3.96. The van der Waals surface area contributed by atoms with Gasteiger partial charge in [-0.05, 0) is 25.2 Å². The van der Waals surface area contributed by atoms with Gasteiger partial charge in [0.05, 0.1) is 6.61 Å². The van der Waals surface area contributed by atoms with Crippen LogP contribution in [-0.4, -0.2) is 18.4 Å². The number of carbonyl (C=O) groups excluding carboxylic acids is 2. The minimum Gasteiger partial charge on any atom is -0.466 e. The van der Waals surface area contributed by atoms with E-state index in [1.165, 1.54) is 45.4 Å². The Morgan fingerprint density at radius 1 is 1.10 bits per heavy atom. The van der Waals surface area contributed by atoms with Gasteiger partial charge in [0, 0.05) is 19.3 Å². The second-order valence-corrected chi connectivity index (χ2v) is 6.67. The van der Waals surface area contributed by atoms with Crippen LogP contribution in [0.25, 0.3) is 0 Å². The van der Waals surface area contributed by atoms with Crippen molar-refractivity contribution >= 4 is 11.8 Å². The molecule has 3 heteroatoms. The van der Waals surface area contributed by atoms with Crippen molar-refractivity contribution in [3.63, 3.8) is 0 Å². The van der Waals surface area contributed by atoms with E-state index in [1.807, 2.05) is 0 Å². The molecule has 0 spiro atoms. The van der Waals surface area contributed by atoms with E-state index >= 15 is 0 Å². The molecule has 1 fully saturated rings. The Morgan fingerprint density at radius 3 is 2.29 bits per heavy atom. The van der Waals surface area contributed by atoms with Gasteiger partial charge in [-0.2, -0.15) is 0 Å². The Hall–Kier alpha value is -0.860. The number of carbonyl (C=O) groups is 2. The van der Waals surface area contributed by atoms with Gasteiger partial charge in [-0.1, -0.05) is 51.9 Å². The van der Waals surface area contributed by atoms with E-state index < -0.39 is 0 Å². The lowest BCUT2D eigenvalue weighted by Gasteiger charge is -2.20. The molecular formula is C18H32O3. The predicted octanol–water partition coefficient (Wildman–Crippen LogP) is 4.68. The smallest absolute Gasteiger partial charge is 0.302 e. The van der Waals surface area contributed by atoms with E-state index in [9.17, 15) is 9.59 Å². The summed E-state index contributed by atoms with van der Waals surface area (Å²) >= 11 is 0. The highest BCUT2D eigenvalue weighted by Gasteiger charge is 2.21. The van der Waals surface area contributed by atoms with Crippen LogP contribution in [0.15, 0.2) is 0 Å². The molecule has 122 valence electrons. The Bertz CT molecular complexity index is 312. The fraction of sp³-hybridized carbons (Fsp3) is 0.889. The summed E-state index contributed by atoms with van der Waals surface area (Å²) in [4.78, 5) is 23.3. The van der Waals surface area contributed by atoms with Crippen LogP contribution in [-0.2, 0) is 14.3 Å². The minimum atomic E-state index is -0.230. The molecule has 0 aromatic heterocycles. The molecule has 2 atom stereocenters. The van der Waals surface area contributed by atoms with Gasteiger partial charge in [-0.25, -0.2) is 0 Å². The summed E-state index contributed by atoms with van der Waals surface area (Å²) in [5, 5.41) is 0. The van der Waals surface area contributed by atoms with Crippen LogP contribution in [0, 0.1) is 11.8 Å². The van der Waals surface area contributed by atoms with E-state index in [1.54, 1.807) is 0 Å². The third-order valence-electron chi connectivity index (χ3n) is 4.44. The largest absolute Gasteiger partial charge is 0.466 e. The normalized spacial score (nSPS) is 23.7.